The minimum Gasteiger partial charge on any atom is -0.494 e. The Bertz CT molecular complexity index is 811. The summed E-state index contributed by atoms with van der Waals surface area (Å²) in [6, 6.07) is 11.0. The smallest absolute Gasteiger partial charge is 0.205 e. The van der Waals surface area contributed by atoms with Crippen molar-refractivity contribution in [3.8, 4) is 11.4 Å². The van der Waals surface area contributed by atoms with E-state index < -0.39 is 5.82 Å². The first-order valence-corrected chi connectivity index (χ1v) is 6.74. The molecule has 3 rings (SSSR count). The summed E-state index contributed by atoms with van der Waals surface area (Å²) in [6.45, 7) is 2.09. The molecule has 1 aromatic heterocycles. The molecule has 5 heteroatoms. The zero-order chi connectivity index (χ0) is 15.0. The molecule has 2 aromatic carbocycles. The minimum absolute atomic E-state index is 0.176. The molecule has 21 heavy (non-hydrogen) atoms. The summed E-state index contributed by atoms with van der Waals surface area (Å²) in [7, 11) is 1.44. The summed E-state index contributed by atoms with van der Waals surface area (Å²) in [4.78, 5) is 4.23. The predicted molar refractivity (Wildman–Crippen MR) is 81.4 cm³/mol. The number of hydrogen-bond donors (Lipinski definition) is 1. The normalized spacial score (nSPS) is 11.0. The van der Waals surface area contributed by atoms with E-state index in [2.05, 4.69) is 18.0 Å². The third-order valence-electron chi connectivity index (χ3n) is 3.53. The van der Waals surface area contributed by atoms with Gasteiger partial charge in [0.1, 0.15) is 0 Å². The number of aryl methyl sites for hydroxylation is 1. The molecule has 0 amide bonds. The summed E-state index contributed by atoms with van der Waals surface area (Å²) in [5.41, 5.74) is 9.34. The SMILES string of the molecule is CCc1cccc(-n2c(N)nc3cc(F)c(OC)cc32)c1. The maximum Gasteiger partial charge on any atom is 0.205 e. The summed E-state index contributed by atoms with van der Waals surface area (Å²) in [5, 5.41) is 0. The van der Waals surface area contributed by atoms with Crippen LogP contribution in [0.2, 0.25) is 0 Å². The molecule has 0 unspecified atom stereocenters. The van der Waals surface area contributed by atoms with E-state index in [-0.39, 0.29) is 5.75 Å². The first-order chi connectivity index (χ1) is 10.1. The molecule has 0 radical (unpaired) electrons. The average molecular weight is 285 g/mol. The van der Waals surface area contributed by atoms with Gasteiger partial charge in [0.05, 0.1) is 18.1 Å². The van der Waals surface area contributed by atoms with Crippen molar-refractivity contribution >= 4 is 17.0 Å². The fourth-order valence-corrected chi connectivity index (χ4v) is 2.44. The highest BCUT2D eigenvalue weighted by Gasteiger charge is 2.14. The lowest BCUT2D eigenvalue weighted by molar-refractivity contribution is 0.387. The van der Waals surface area contributed by atoms with Gasteiger partial charge in [-0.05, 0) is 24.1 Å². The number of imidazole rings is 1. The van der Waals surface area contributed by atoms with Gasteiger partial charge in [0.25, 0.3) is 0 Å². The molecule has 1 heterocycles. The van der Waals surface area contributed by atoms with Gasteiger partial charge in [0, 0.05) is 17.8 Å². The Morgan fingerprint density at radius 1 is 1.29 bits per heavy atom. The molecule has 0 saturated carbocycles. The van der Waals surface area contributed by atoms with Gasteiger partial charge in [-0.1, -0.05) is 19.1 Å². The maximum atomic E-state index is 13.8. The number of rotatable bonds is 3. The molecule has 2 N–H and O–H groups in total. The fraction of sp³-hybridized carbons (Fsp3) is 0.188. The fourth-order valence-electron chi connectivity index (χ4n) is 2.44. The Morgan fingerprint density at radius 3 is 2.81 bits per heavy atom. The lowest BCUT2D eigenvalue weighted by atomic mass is 10.1. The molecule has 108 valence electrons. The molecule has 0 spiro atoms. The molecule has 0 atom stereocenters. The standard InChI is InChI=1S/C16H16FN3O/c1-3-10-5-4-6-11(7-10)20-14-9-15(21-2)12(17)8-13(14)19-16(20)18/h4-9H,3H2,1-2H3,(H2,18,19). The number of halogens is 1. The molecule has 3 aromatic rings. The molecule has 4 nitrogen and oxygen atoms in total. The van der Waals surface area contributed by atoms with Crippen molar-refractivity contribution in [2.45, 2.75) is 13.3 Å². The molecule has 0 bridgehead atoms. The van der Waals surface area contributed by atoms with E-state index in [1.807, 2.05) is 18.2 Å². The lowest BCUT2D eigenvalue weighted by Gasteiger charge is -2.09. The summed E-state index contributed by atoms with van der Waals surface area (Å²) in [6.07, 6.45) is 0.929. The van der Waals surface area contributed by atoms with Crippen LogP contribution in [-0.4, -0.2) is 16.7 Å². The number of anilines is 1. The zero-order valence-electron chi connectivity index (χ0n) is 11.9. The van der Waals surface area contributed by atoms with E-state index in [0.717, 1.165) is 17.6 Å². The number of nitrogen functional groups attached to an aromatic ring is 1. The van der Waals surface area contributed by atoms with Crippen molar-refractivity contribution in [2.24, 2.45) is 0 Å². The van der Waals surface area contributed by atoms with Crippen LogP contribution in [0.25, 0.3) is 16.7 Å². The van der Waals surface area contributed by atoms with E-state index in [0.29, 0.717) is 11.5 Å². The van der Waals surface area contributed by atoms with Crippen LogP contribution in [0.3, 0.4) is 0 Å². The van der Waals surface area contributed by atoms with Crippen LogP contribution in [0, 0.1) is 5.82 Å². The Balaban J connectivity index is 2.28. The van der Waals surface area contributed by atoms with Crippen LogP contribution in [0.5, 0.6) is 5.75 Å². The predicted octanol–water partition coefficient (Wildman–Crippen LogP) is 3.32. The quantitative estimate of drug-likeness (QED) is 0.803. The minimum atomic E-state index is -0.447. The molecule has 0 aliphatic heterocycles. The summed E-state index contributed by atoms with van der Waals surface area (Å²) >= 11 is 0. The van der Waals surface area contributed by atoms with Gasteiger partial charge in [-0.2, -0.15) is 0 Å². The third-order valence-corrected chi connectivity index (χ3v) is 3.53. The number of nitrogens with zero attached hydrogens (tertiary/aromatic N) is 2. The third kappa shape index (κ3) is 2.20. The van der Waals surface area contributed by atoms with Gasteiger partial charge in [0.15, 0.2) is 11.6 Å². The summed E-state index contributed by atoms with van der Waals surface area (Å²) < 4.78 is 20.6. The van der Waals surface area contributed by atoms with Crippen LogP contribution in [-0.2, 0) is 6.42 Å². The number of hydrogen-bond acceptors (Lipinski definition) is 3. The second-order valence-corrected chi connectivity index (χ2v) is 4.80. The molecule has 0 aliphatic carbocycles. The van der Waals surface area contributed by atoms with Crippen molar-refractivity contribution in [2.75, 3.05) is 12.8 Å². The van der Waals surface area contributed by atoms with E-state index in [4.69, 9.17) is 10.5 Å². The van der Waals surface area contributed by atoms with E-state index in [1.165, 1.54) is 18.7 Å². The van der Waals surface area contributed by atoms with Gasteiger partial charge in [-0.15, -0.1) is 0 Å². The largest absolute Gasteiger partial charge is 0.494 e. The van der Waals surface area contributed by atoms with E-state index in [1.54, 1.807) is 10.6 Å². The number of benzene rings is 2. The number of methoxy groups -OCH3 is 1. The summed E-state index contributed by atoms with van der Waals surface area (Å²) in [5.74, 6) is 0.0539. The zero-order valence-corrected chi connectivity index (χ0v) is 11.9. The molecule has 0 fully saturated rings. The van der Waals surface area contributed by atoms with Gasteiger partial charge in [-0.25, -0.2) is 9.37 Å². The first-order valence-electron chi connectivity index (χ1n) is 6.74. The van der Waals surface area contributed by atoms with Crippen molar-refractivity contribution < 1.29 is 9.13 Å². The van der Waals surface area contributed by atoms with Crippen molar-refractivity contribution in [3.05, 3.63) is 47.8 Å². The van der Waals surface area contributed by atoms with Crippen molar-refractivity contribution in [1.82, 2.24) is 9.55 Å². The van der Waals surface area contributed by atoms with E-state index in [9.17, 15) is 4.39 Å². The Labute approximate surface area is 122 Å². The maximum absolute atomic E-state index is 13.8. The van der Waals surface area contributed by atoms with Crippen LogP contribution in [0.4, 0.5) is 10.3 Å². The van der Waals surface area contributed by atoms with Gasteiger partial charge >= 0.3 is 0 Å². The van der Waals surface area contributed by atoms with Gasteiger partial charge in [-0.3, -0.25) is 4.57 Å². The van der Waals surface area contributed by atoms with Crippen molar-refractivity contribution in [1.29, 1.82) is 0 Å². The van der Waals surface area contributed by atoms with Crippen molar-refractivity contribution in [3.63, 3.8) is 0 Å². The molecular weight excluding hydrogens is 269 g/mol. The second-order valence-electron chi connectivity index (χ2n) is 4.80. The van der Waals surface area contributed by atoms with Gasteiger partial charge in [0.2, 0.25) is 5.95 Å². The topological polar surface area (TPSA) is 53.1 Å². The number of ether oxygens (including phenoxy) is 1. The average Bonchev–Trinajstić information content (AvgIpc) is 2.81. The Kier molecular flexibility index (Phi) is 3.25. The number of nitrogens with two attached hydrogens (primary N) is 1. The van der Waals surface area contributed by atoms with E-state index >= 15 is 0 Å². The number of aromatic nitrogens is 2. The molecule has 0 aliphatic rings. The van der Waals surface area contributed by atoms with Crippen LogP contribution < -0.4 is 10.5 Å². The van der Waals surface area contributed by atoms with Crippen LogP contribution in [0.15, 0.2) is 36.4 Å². The highest BCUT2D eigenvalue weighted by Crippen LogP contribution is 2.29. The van der Waals surface area contributed by atoms with Crippen LogP contribution >= 0.6 is 0 Å². The van der Waals surface area contributed by atoms with Crippen LogP contribution in [0.1, 0.15) is 12.5 Å². The molecular formula is C16H16FN3O. The Hall–Kier alpha value is -2.56. The highest BCUT2D eigenvalue weighted by molar-refractivity contribution is 5.82. The monoisotopic (exact) mass is 285 g/mol. The highest BCUT2D eigenvalue weighted by atomic mass is 19.1. The molecule has 0 saturated heterocycles. The Morgan fingerprint density at radius 2 is 2.10 bits per heavy atom. The number of fused-ring (bicyclic) bond motifs is 1. The first kappa shape index (κ1) is 13.4. The second kappa shape index (κ2) is 5.09. The van der Waals surface area contributed by atoms with Gasteiger partial charge < -0.3 is 10.5 Å². The lowest BCUT2D eigenvalue weighted by Crippen LogP contribution is -2.01.